The molecule has 0 aliphatic carbocycles. The highest BCUT2D eigenvalue weighted by Crippen LogP contribution is 2.43. The van der Waals surface area contributed by atoms with Crippen molar-refractivity contribution in [2.75, 3.05) is 19.1 Å². The van der Waals surface area contributed by atoms with E-state index in [0.717, 1.165) is 34.8 Å². The Balaban J connectivity index is 1.45. The summed E-state index contributed by atoms with van der Waals surface area (Å²) in [6, 6.07) is 5.54. The van der Waals surface area contributed by atoms with Gasteiger partial charge in [0, 0.05) is 36.3 Å². The van der Waals surface area contributed by atoms with E-state index in [9.17, 15) is 9.90 Å². The normalized spacial score (nSPS) is 18.3. The molecule has 9 nitrogen and oxygen atoms in total. The van der Waals surface area contributed by atoms with E-state index in [1.165, 1.54) is 18.7 Å². The van der Waals surface area contributed by atoms with Crippen molar-refractivity contribution >= 4 is 46.1 Å². The fourth-order valence-electron chi connectivity index (χ4n) is 4.36. The van der Waals surface area contributed by atoms with Gasteiger partial charge in [-0.25, -0.2) is 9.97 Å². The van der Waals surface area contributed by atoms with Crippen LogP contribution in [0.5, 0.6) is 11.5 Å². The number of aryl methyl sites for hydroxylation is 1. The maximum absolute atomic E-state index is 12.4. The molecule has 0 radical (unpaired) electrons. The van der Waals surface area contributed by atoms with Crippen LogP contribution in [-0.4, -0.2) is 55.9 Å². The number of aliphatic hydroxyl groups is 1. The Morgan fingerprint density at radius 3 is 2.97 bits per heavy atom. The third-order valence-electron chi connectivity index (χ3n) is 5.99. The summed E-state index contributed by atoms with van der Waals surface area (Å²) in [7, 11) is 0. The van der Waals surface area contributed by atoms with Crippen LogP contribution in [-0.2, 0) is 11.3 Å². The molecule has 2 atom stereocenters. The van der Waals surface area contributed by atoms with Crippen LogP contribution in [0.4, 0.5) is 5.82 Å². The van der Waals surface area contributed by atoms with Crippen molar-refractivity contribution in [2.45, 2.75) is 54.9 Å². The van der Waals surface area contributed by atoms with Crippen LogP contribution in [0.25, 0.3) is 11.0 Å². The van der Waals surface area contributed by atoms with Crippen molar-refractivity contribution in [3.05, 3.63) is 29.4 Å². The van der Waals surface area contributed by atoms with Gasteiger partial charge in [0.15, 0.2) is 22.5 Å². The molecule has 3 N–H and O–H groups in total. The molecule has 4 heterocycles. The average Bonchev–Trinajstić information content (AvgIpc) is 3.51. The Labute approximate surface area is 199 Å². The van der Waals surface area contributed by atoms with E-state index >= 15 is 0 Å². The highest BCUT2D eigenvalue weighted by Gasteiger charge is 2.31. The standard InChI is InChI=1S/C22H24ClN5O4S/c1-12(29)21(30)27-7-2-3-13(27)5-8-28-15-4-6-25-20(24)19(15)26-22(28)33-18-10-17-16(9-14(18)23)31-11-32-17/h4,6,9-10,12-13,29H,2-3,5,7-8,11H2,1H3,(H2,24,25)/t12-,13?/m1/s1. The molecule has 1 fully saturated rings. The number of likely N-dealkylation sites (tertiary alicyclic amines) is 1. The fraction of sp³-hybridized carbons (Fsp3) is 0.409. The van der Waals surface area contributed by atoms with Crippen molar-refractivity contribution in [3.63, 3.8) is 0 Å². The summed E-state index contributed by atoms with van der Waals surface area (Å²) in [5, 5.41) is 11.0. The molecule has 1 aromatic carbocycles. The number of nitrogens with two attached hydrogens (primary N) is 1. The number of imidazole rings is 1. The summed E-state index contributed by atoms with van der Waals surface area (Å²) in [4.78, 5) is 23.9. The van der Waals surface area contributed by atoms with Gasteiger partial charge in [0.05, 0.1) is 10.5 Å². The maximum atomic E-state index is 12.4. The molecule has 3 aromatic rings. The lowest BCUT2D eigenvalue weighted by Crippen LogP contribution is -2.41. The third-order valence-corrected chi connectivity index (χ3v) is 7.47. The second-order valence-electron chi connectivity index (χ2n) is 8.14. The molecule has 1 saturated heterocycles. The Bertz CT molecular complexity index is 1220. The summed E-state index contributed by atoms with van der Waals surface area (Å²) in [6.07, 6.45) is 3.24. The molecule has 0 spiro atoms. The van der Waals surface area contributed by atoms with E-state index in [4.69, 9.17) is 31.8 Å². The number of nitrogens with zero attached hydrogens (tertiary/aromatic N) is 4. The summed E-state index contributed by atoms with van der Waals surface area (Å²) in [5.74, 6) is 1.40. The number of pyridine rings is 1. The molecular weight excluding hydrogens is 466 g/mol. The number of benzene rings is 1. The molecule has 0 saturated carbocycles. The van der Waals surface area contributed by atoms with Gasteiger partial charge in [-0.15, -0.1) is 0 Å². The predicted octanol–water partition coefficient (Wildman–Crippen LogP) is 3.31. The van der Waals surface area contributed by atoms with Crippen molar-refractivity contribution < 1.29 is 19.4 Å². The summed E-state index contributed by atoms with van der Waals surface area (Å²) in [5.41, 5.74) is 7.60. The Kier molecular flexibility index (Phi) is 5.98. The average molecular weight is 490 g/mol. The van der Waals surface area contributed by atoms with E-state index in [1.807, 2.05) is 12.1 Å². The zero-order chi connectivity index (χ0) is 23.1. The van der Waals surface area contributed by atoms with E-state index in [1.54, 1.807) is 17.2 Å². The Morgan fingerprint density at radius 1 is 1.39 bits per heavy atom. The smallest absolute Gasteiger partial charge is 0.251 e. The molecule has 1 amide bonds. The zero-order valence-electron chi connectivity index (χ0n) is 18.0. The number of aliphatic hydroxyl groups excluding tert-OH is 1. The third kappa shape index (κ3) is 4.18. The first-order valence-corrected chi connectivity index (χ1v) is 12.0. The molecule has 1 unspecified atom stereocenters. The second-order valence-corrected chi connectivity index (χ2v) is 9.56. The van der Waals surface area contributed by atoms with Gasteiger partial charge < -0.3 is 29.8 Å². The van der Waals surface area contributed by atoms with Crippen LogP contribution in [0.2, 0.25) is 5.02 Å². The number of rotatable bonds is 6. The van der Waals surface area contributed by atoms with Crippen LogP contribution in [0.3, 0.4) is 0 Å². The lowest BCUT2D eigenvalue weighted by atomic mass is 10.1. The largest absolute Gasteiger partial charge is 0.454 e. The van der Waals surface area contributed by atoms with Crippen molar-refractivity contribution in [2.24, 2.45) is 0 Å². The number of hydrogen-bond acceptors (Lipinski definition) is 8. The number of anilines is 1. The fourth-order valence-corrected chi connectivity index (χ4v) is 5.59. The Morgan fingerprint density at radius 2 is 2.18 bits per heavy atom. The van der Waals surface area contributed by atoms with Crippen LogP contribution < -0.4 is 15.2 Å². The number of ether oxygens (including phenoxy) is 2. The van der Waals surface area contributed by atoms with E-state index < -0.39 is 6.10 Å². The first-order chi connectivity index (χ1) is 15.9. The first-order valence-electron chi connectivity index (χ1n) is 10.8. The number of aromatic nitrogens is 3. The number of carbonyl (C=O) groups excluding carboxylic acids is 1. The molecule has 0 bridgehead atoms. The molecule has 33 heavy (non-hydrogen) atoms. The Hall–Kier alpha value is -2.69. The number of carbonyl (C=O) groups is 1. The molecule has 2 aromatic heterocycles. The lowest BCUT2D eigenvalue weighted by Gasteiger charge is -2.26. The van der Waals surface area contributed by atoms with Crippen LogP contribution >= 0.6 is 23.4 Å². The van der Waals surface area contributed by atoms with Crippen LogP contribution in [0.15, 0.2) is 34.4 Å². The molecule has 174 valence electrons. The summed E-state index contributed by atoms with van der Waals surface area (Å²) >= 11 is 7.92. The number of fused-ring (bicyclic) bond motifs is 2. The van der Waals surface area contributed by atoms with Crippen molar-refractivity contribution in [1.29, 1.82) is 0 Å². The highest BCUT2D eigenvalue weighted by atomic mass is 35.5. The quantitative estimate of drug-likeness (QED) is 0.541. The minimum absolute atomic E-state index is 0.0655. The van der Waals surface area contributed by atoms with Gasteiger partial charge in [-0.1, -0.05) is 11.6 Å². The van der Waals surface area contributed by atoms with E-state index in [-0.39, 0.29) is 18.7 Å². The highest BCUT2D eigenvalue weighted by molar-refractivity contribution is 7.99. The first kappa shape index (κ1) is 22.1. The van der Waals surface area contributed by atoms with Gasteiger partial charge in [-0.2, -0.15) is 0 Å². The number of amides is 1. The van der Waals surface area contributed by atoms with Gasteiger partial charge >= 0.3 is 0 Å². The summed E-state index contributed by atoms with van der Waals surface area (Å²) < 4.78 is 13.0. The molecule has 2 aliphatic rings. The van der Waals surface area contributed by atoms with Crippen LogP contribution in [0, 0.1) is 0 Å². The minimum Gasteiger partial charge on any atom is -0.454 e. The van der Waals surface area contributed by atoms with Gasteiger partial charge in [-0.05, 0) is 50.1 Å². The maximum Gasteiger partial charge on any atom is 0.251 e. The van der Waals surface area contributed by atoms with E-state index in [2.05, 4.69) is 9.55 Å². The monoisotopic (exact) mass is 489 g/mol. The number of hydrogen-bond donors (Lipinski definition) is 2. The van der Waals surface area contributed by atoms with Gasteiger partial charge in [0.2, 0.25) is 6.79 Å². The zero-order valence-corrected chi connectivity index (χ0v) is 19.6. The molecule has 5 rings (SSSR count). The van der Waals surface area contributed by atoms with Crippen molar-refractivity contribution in [3.8, 4) is 11.5 Å². The SMILES string of the molecule is C[C@@H](O)C(=O)N1CCCC1CCn1c(Sc2cc3c(cc2Cl)OCO3)nc2c(N)nccc21. The van der Waals surface area contributed by atoms with Crippen LogP contribution in [0.1, 0.15) is 26.2 Å². The number of nitrogen functional groups attached to an aromatic ring is 1. The van der Waals surface area contributed by atoms with Gasteiger partial charge in [0.1, 0.15) is 11.6 Å². The lowest BCUT2D eigenvalue weighted by molar-refractivity contribution is -0.140. The molecule has 11 heteroatoms. The minimum atomic E-state index is -0.996. The molecule has 2 aliphatic heterocycles. The number of halogens is 1. The summed E-state index contributed by atoms with van der Waals surface area (Å²) in [6.45, 7) is 2.98. The van der Waals surface area contributed by atoms with E-state index in [0.29, 0.717) is 40.9 Å². The van der Waals surface area contributed by atoms with Gasteiger partial charge in [-0.3, -0.25) is 4.79 Å². The van der Waals surface area contributed by atoms with Gasteiger partial charge in [0.25, 0.3) is 5.91 Å². The topological polar surface area (TPSA) is 116 Å². The molecular formula is C22H24ClN5O4S. The predicted molar refractivity (Wildman–Crippen MR) is 125 cm³/mol. The van der Waals surface area contributed by atoms with Crippen molar-refractivity contribution in [1.82, 2.24) is 19.4 Å². The second kappa shape index (κ2) is 8.92.